The molecule has 0 N–H and O–H groups in total. The molecular formula is C13H15Cl2N3O2. The van der Waals surface area contributed by atoms with Gasteiger partial charge in [-0.05, 0) is 18.9 Å². The summed E-state index contributed by atoms with van der Waals surface area (Å²) in [6.45, 7) is 1.60. The molecule has 2 heterocycles. The molecule has 0 radical (unpaired) electrons. The number of amides is 2. The van der Waals surface area contributed by atoms with Gasteiger partial charge >= 0.3 is 0 Å². The Hall–Kier alpha value is -1.33. The molecule has 2 amide bonds. The van der Waals surface area contributed by atoms with E-state index in [9.17, 15) is 9.59 Å². The Kier molecular flexibility index (Phi) is 4.83. The van der Waals surface area contributed by atoms with Gasteiger partial charge in [0.2, 0.25) is 5.91 Å². The van der Waals surface area contributed by atoms with Gasteiger partial charge in [0.25, 0.3) is 5.91 Å². The number of carbonyl (C=O) groups is 2. The van der Waals surface area contributed by atoms with Crippen LogP contribution in [0.25, 0.3) is 0 Å². The zero-order valence-corrected chi connectivity index (χ0v) is 12.6. The highest BCUT2D eigenvalue weighted by Gasteiger charge is 2.22. The fourth-order valence-corrected chi connectivity index (χ4v) is 2.37. The first-order valence-corrected chi connectivity index (χ1v) is 7.09. The maximum absolute atomic E-state index is 12.2. The van der Waals surface area contributed by atoms with E-state index >= 15 is 0 Å². The molecule has 0 bridgehead atoms. The number of hydrogen-bond acceptors (Lipinski definition) is 3. The van der Waals surface area contributed by atoms with Crippen molar-refractivity contribution in [1.82, 2.24) is 14.8 Å². The predicted octanol–water partition coefficient (Wildman–Crippen LogP) is 2.08. The standard InChI is InChI=1S/C13H15Cl2N3O2/c1-17(8-11(19)18-4-2-3-5-18)13(20)9-6-10(14)12(15)16-7-9/h6-7H,2-5,8H2,1H3. The second-order valence-corrected chi connectivity index (χ2v) is 5.51. The van der Waals surface area contributed by atoms with Crippen LogP contribution in [0.3, 0.4) is 0 Å². The summed E-state index contributed by atoms with van der Waals surface area (Å²) in [6.07, 6.45) is 3.41. The molecule has 0 saturated carbocycles. The van der Waals surface area contributed by atoms with Gasteiger partial charge in [0, 0.05) is 26.3 Å². The average Bonchev–Trinajstić information content (AvgIpc) is 2.95. The maximum atomic E-state index is 12.2. The van der Waals surface area contributed by atoms with Gasteiger partial charge in [0.05, 0.1) is 17.1 Å². The minimum absolute atomic E-state index is 0.0358. The highest BCUT2D eigenvalue weighted by molar-refractivity contribution is 6.41. The third-order valence-electron chi connectivity index (χ3n) is 3.22. The van der Waals surface area contributed by atoms with Gasteiger partial charge in [0.15, 0.2) is 0 Å². The first-order valence-electron chi connectivity index (χ1n) is 6.33. The highest BCUT2D eigenvalue weighted by atomic mass is 35.5. The summed E-state index contributed by atoms with van der Waals surface area (Å²) in [4.78, 5) is 31.1. The molecule has 0 unspecified atom stereocenters. The van der Waals surface area contributed by atoms with Gasteiger partial charge in [-0.15, -0.1) is 0 Å². The Morgan fingerprint density at radius 3 is 2.60 bits per heavy atom. The van der Waals surface area contributed by atoms with Crippen molar-refractivity contribution in [2.75, 3.05) is 26.7 Å². The van der Waals surface area contributed by atoms with Crippen molar-refractivity contribution in [1.29, 1.82) is 0 Å². The van der Waals surface area contributed by atoms with Gasteiger partial charge in [-0.25, -0.2) is 4.98 Å². The van der Waals surface area contributed by atoms with E-state index in [4.69, 9.17) is 23.2 Å². The van der Waals surface area contributed by atoms with E-state index in [-0.39, 0.29) is 28.5 Å². The van der Waals surface area contributed by atoms with Gasteiger partial charge < -0.3 is 9.80 Å². The number of likely N-dealkylation sites (N-methyl/N-ethyl adjacent to an activating group) is 1. The van der Waals surface area contributed by atoms with Crippen LogP contribution in [0.2, 0.25) is 10.2 Å². The molecule has 0 spiro atoms. The lowest BCUT2D eigenvalue weighted by atomic mass is 10.2. The average molecular weight is 316 g/mol. The number of likely N-dealkylation sites (tertiary alicyclic amines) is 1. The minimum Gasteiger partial charge on any atom is -0.341 e. The summed E-state index contributed by atoms with van der Waals surface area (Å²) in [5.41, 5.74) is 0.316. The number of pyridine rings is 1. The SMILES string of the molecule is CN(CC(=O)N1CCCC1)C(=O)c1cnc(Cl)c(Cl)c1. The molecule has 20 heavy (non-hydrogen) atoms. The molecule has 1 fully saturated rings. The largest absolute Gasteiger partial charge is 0.341 e. The van der Waals surface area contributed by atoms with Crippen LogP contribution >= 0.6 is 23.2 Å². The van der Waals surface area contributed by atoms with Crippen molar-refractivity contribution >= 4 is 35.0 Å². The molecule has 1 aliphatic rings. The van der Waals surface area contributed by atoms with E-state index in [1.165, 1.54) is 17.2 Å². The quantitative estimate of drug-likeness (QED) is 0.802. The lowest BCUT2D eigenvalue weighted by molar-refractivity contribution is -0.130. The lowest BCUT2D eigenvalue weighted by Crippen LogP contribution is -2.39. The van der Waals surface area contributed by atoms with Gasteiger partial charge in [-0.2, -0.15) is 0 Å². The summed E-state index contributed by atoms with van der Waals surface area (Å²) in [6, 6.07) is 1.45. The Morgan fingerprint density at radius 2 is 2.00 bits per heavy atom. The number of carbonyl (C=O) groups excluding carboxylic acids is 2. The molecule has 1 saturated heterocycles. The van der Waals surface area contributed by atoms with E-state index in [1.54, 1.807) is 11.9 Å². The van der Waals surface area contributed by atoms with E-state index < -0.39 is 0 Å². The van der Waals surface area contributed by atoms with Crippen LogP contribution in [0.1, 0.15) is 23.2 Å². The van der Waals surface area contributed by atoms with E-state index in [2.05, 4.69) is 4.98 Å². The number of nitrogens with zero attached hydrogens (tertiary/aromatic N) is 3. The molecule has 108 valence electrons. The predicted molar refractivity (Wildman–Crippen MR) is 77.0 cm³/mol. The summed E-state index contributed by atoms with van der Waals surface area (Å²) in [5.74, 6) is -0.338. The molecule has 7 heteroatoms. The zero-order valence-electron chi connectivity index (χ0n) is 11.1. The Labute approximate surface area is 127 Å². The number of aromatic nitrogens is 1. The zero-order chi connectivity index (χ0) is 14.7. The van der Waals surface area contributed by atoms with Crippen molar-refractivity contribution in [2.24, 2.45) is 0 Å². The van der Waals surface area contributed by atoms with E-state index in [0.717, 1.165) is 25.9 Å². The first kappa shape index (κ1) is 15.1. The molecular weight excluding hydrogens is 301 g/mol. The molecule has 2 rings (SSSR count). The van der Waals surface area contributed by atoms with Crippen molar-refractivity contribution < 1.29 is 9.59 Å². The molecule has 0 atom stereocenters. The molecule has 5 nitrogen and oxygen atoms in total. The molecule has 1 aromatic heterocycles. The van der Waals surface area contributed by atoms with Crippen molar-refractivity contribution in [3.8, 4) is 0 Å². The van der Waals surface area contributed by atoms with E-state index in [0.29, 0.717) is 5.56 Å². The van der Waals surface area contributed by atoms with Crippen LogP contribution in [0.5, 0.6) is 0 Å². The van der Waals surface area contributed by atoms with Crippen LogP contribution in [0.15, 0.2) is 12.3 Å². The third kappa shape index (κ3) is 3.41. The first-order chi connectivity index (χ1) is 9.49. The van der Waals surface area contributed by atoms with Crippen LogP contribution in [0, 0.1) is 0 Å². The lowest BCUT2D eigenvalue weighted by Gasteiger charge is -2.21. The number of rotatable bonds is 3. The monoisotopic (exact) mass is 315 g/mol. The summed E-state index contributed by atoms with van der Waals surface area (Å²) >= 11 is 11.5. The van der Waals surface area contributed by atoms with Gasteiger partial charge in [-0.1, -0.05) is 23.2 Å². The number of hydrogen-bond donors (Lipinski definition) is 0. The fourth-order valence-electron chi connectivity index (χ4n) is 2.10. The Morgan fingerprint density at radius 1 is 1.35 bits per heavy atom. The normalized spacial score (nSPS) is 14.4. The van der Waals surface area contributed by atoms with E-state index in [1.807, 2.05) is 0 Å². The third-order valence-corrected chi connectivity index (χ3v) is 3.91. The van der Waals surface area contributed by atoms with Crippen LogP contribution in [0.4, 0.5) is 0 Å². The molecule has 1 aliphatic heterocycles. The van der Waals surface area contributed by atoms with Crippen LogP contribution in [-0.2, 0) is 4.79 Å². The van der Waals surface area contributed by atoms with Crippen molar-refractivity contribution in [3.05, 3.63) is 28.0 Å². The second kappa shape index (κ2) is 6.41. The summed E-state index contributed by atoms with van der Waals surface area (Å²) in [5, 5.41) is 0.371. The Balaban J connectivity index is 2.00. The summed E-state index contributed by atoms with van der Waals surface area (Å²) < 4.78 is 0. The molecule has 0 aliphatic carbocycles. The molecule has 0 aromatic carbocycles. The van der Waals surface area contributed by atoms with Gasteiger partial charge in [-0.3, -0.25) is 9.59 Å². The van der Waals surface area contributed by atoms with Crippen molar-refractivity contribution in [2.45, 2.75) is 12.8 Å². The van der Waals surface area contributed by atoms with Gasteiger partial charge in [0.1, 0.15) is 5.15 Å². The van der Waals surface area contributed by atoms with Crippen LogP contribution < -0.4 is 0 Å². The summed E-state index contributed by atoms with van der Waals surface area (Å²) in [7, 11) is 1.58. The molecule has 1 aromatic rings. The smallest absolute Gasteiger partial charge is 0.255 e. The van der Waals surface area contributed by atoms with Crippen LogP contribution in [-0.4, -0.2) is 53.3 Å². The highest BCUT2D eigenvalue weighted by Crippen LogP contribution is 2.20. The topological polar surface area (TPSA) is 53.5 Å². The second-order valence-electron chi connectivity index (χ2n) is 4.75. The fraction of sp³-hybridized carbons (Fsp3) is 0.462. The minimum atomic E-state index is -0.302. The Bertz CT molecular complexity index is 530. The number of halogens is 2. The maximum Gasteiger partial charge on any atom is 0.255 e. The van der Waals surface area contributed by atoms with Crippen molar-refractivity contribution in [3.63, 3.8) is 0 Å².